The molecule has 0 saturated heterocycles. The zero-order chi connectivity index (χ0) is 14.7. The van der Waals surface area contributed by atoms with Gasteiger partial charge in [0.25, 0.3) is 0 Å². The molecule has 0 bridgehead atoms. The third-order valence-electron chi connectivity index (χ3n) is 3.65. The second-order valence-corrected chi connectivity index (χ2v) is 5.80. The van der Waals surface area contributed by atoms with Crippen LogP contribution in [-0.4, -0.2) is 20.8 Å². The van der Waals surface area contributed by atoms with Crippen LogP contribution in [-0.2, 0) is 12.8 Å². The van der Waals surface area contributed by atoms with Crippen molar-refractivity contribution in [3.05, 3.63) is 47.0 Å². The van der Waals surface area contributed by atoms with Gasteiger partial charge in [0, 0.05) is 18.5 Å². The minimum atomic E-state index is 0.0683. The predicted octanol–water partition coefficient (Wildman–Crippen LogP) is 2.59. The van der Waals surface area contributed by atoms with Crippen LogP contribution in [0.15, 0.2) is 24.5 Å². The van der Waals surface area contributed by atoms with E-state index in [1.54, 1.807) is 6.33 Å². The zero-order valence-electron chi connectivity index (χ0n) is 12.8. The highest BCUT2D eigenvalue weighted by atomic mass is 15.3. The van der Waals surface area contributed by atoms with Gasteiger partial charge in [0.1, 0.15) is 12.2 Å². The van der Waals surface area contributed by atoms with E-state index in [9.17, 15) is 0 Å². The Bertz CT molecular complexity index is 572. The Morgan fingerprint density at radius 2 is 1.90 bits per heavy atom. The molecule has 2 aromatic rings. The number of aryl methyl sites for hydroxylation is 2. The Hall–Kier alpha value is -1.68. The van der Waals surface area contributed by atoms with Crippen LogP contribution in [0, 0.1) is 13.8 Å². The SMILES string of the molecule is Cc1ccc(CC(N)Cc2ncnn2C(C)C)cc1C. The minimum absolute atomic E-state index is 0.0683. The standard InChI is InChI=1S/C16H24N4/c1-11(2)20-16(18-10-19-20)9-15(17)8-14-6-5-12(3)13(4)7-14/h5-7,10-11,15H,8-9,17H2,1-4H3. The Labute approximate surface area is 121 Å². The lowest BCUT2D eigenvalue weighted by Crippen LogP contribution is -2.27. The molecule has 108 valence electrons. The number of nitrogens with zero attached hydrogens (tertiary/aromatic N) is 3. The topological polar surface area (TPSA) is 56.7 Å². The number of aromatic nitrogens is 3. The molecule has 2 N–H and O–H groups in total. The molecule has 0 aliphatic carbocycles. The first-order valence-corrected chi connectivity index (χ1v) is 7.17. The third kappa shape index (κ3) is 3.45. The molecule has 1 aromatic heterocycles. The Morgan fingerprint density at radius 1 is 1.15 bits per heavy atom. The van der Waals surface area contributed by atoms with Gasteiger partial charge in [-0.3, -0.25) is 0 Å². The van der Waals surface area contributed by atoms with Gasteiger partial charge in [0.2, 0.25) is 0 Å². The summed E-state index contributed by atoms with van der Waals surface area (Å²) in [6, 6.07) is 6.94. The smallest absolute Gasteiger partial charge is 0.138 e. The molecule has 1 unspecified atom stereocenters. The maximum Gasteiger partial charge on any atom is 0.138 e. The largest absolute Gasteiger partial charge is 0.327 e. The van der Waals surface area contributed by atoms with Gasteiger partial charge in [-0.1, -0.05) is 18.2 Å². The van der Waals surface area contributed by atoms with Crippen molar-refractivity contribution in [2.75, 3.05) is 0 Å². The van der Waals surface area contributed by atoms with E-state index in [0.717, 1.165) is 18.7 Å². The van der Waals surface area contributed by atoms with E-state index in [0.29, 0.717) is 6.04 Å². The molecule has 20 heavy (non-hydrogen) atoms. The molecule has 4 heteroatoms. The minimum Gasteiger partial charge on any atom is -0.327 e. The lowest BCUT2D eigenvalue weighted by Gasteiger charge is -2.14. The number of hydrogen-bond acceptors (Lipinski definition) is 3. The fraction of sp³-hybridized carbons (Fsp3) is 0.500. The van der Waals surface area contributed by atoms with Crippen molar-refractivity contribution in [1.82, 2.24) is 14.8 Å². The predicted molar refractivity (Wildman–Crippen MR) is 81.7 cm³/mol. The maximum absolute atomic E-state index is 6.27. The van der Waals surface area contributed by atoms with Crippen LogP contribution < -0.4 is 5.73 Å². The van der Waals surface area contributed by atoms with E-state index >= 15 is 0 Å². The Morgan fingerprint density at radius 3 is 2.55 bits per heavy atom. The van der Waals surface area contributed by atoms with Crippen molar-refractivity contribution >= 4 is 0 Å². The molecule has 1 heterocycles. The normalized spacial score (nSPS) is 12.9. The summed E-state index contributed by atoms with van der Waals surface area (Å²) in [6.07, 6.45) is 3.23. The third-order valence-corrected chi connectivity index (χ3v) is 3.65. The van der Waals surface area contributed by atoms with Gasteiger partial charge in [0.15, 0.2) is 0 Å². The summed E-state index contributed by atoms with van der Waals surface area (Å²) in [5, 5.41) is 4.25. The van der Waals surface area contributed by atoms with Gasteiger partial charge < -0.3 is 5.73 Å². The summed E-state index contributed by atoms with van der Waals surface area (Å²) in [5.41, 5.74) is 10.2. The molecule has 4 nitrogen and oxygen atoms in total. The molecule has 0 aliphatic heterocycles. The van der Waals surface area contributed by atoms with Gasteiger partial charge in [-0.05, 0) is 50.8 Å². The van der Waals surface area contributed by atoms with Crippen molar-refractivity contribution in [2.24, 2.45) is 5.73 Å². The number of rotatable bonds is 5. The Balaban J connectivity index is 2.03. The van der Waals surface area contributed by atoms with Crippen LogP contribution >= 0.6 is 0 Å². The van der Waals surface area contributed by atoms with Gasteiger partial charge in [-0.15, -0.1) is 0 Å². The van der Waals surface area contributed by atoms with Crippen LogP contribution in [0.5, 0.6) is 0 Å². The van der Waals surface area contributed by atoms with Crippen LogP contribution in [0.3, 0.4) is 0 Å². The summed E-state index contributed by atoms with van der Waals surface area (Å²) in [5.74, 6) is 0.969. The summed E-state index contributed by atoms with van der Waals surface area (Å²) in [4.78, 5) is 4.32. The van der Waals surface area contributed by atoms with Crippen molar-refractivity contribution in [2.45, 2.75) is 52.6 Å². The van der Waals surface area contributed by atoms with Crippen molar-refractivity contribution in [3.8, 4) is 0 Å². The molecule has 0 spiro atoms. The number of hydrogen-bond donors (Lipinski definition) is 1. The Kier molecular flexibility index (Phi) is 4.55. The fourth-order valence-corrected chi connectivity index (χ4v) is 2.39. The van der Waals surface area contributed by atoms with Crippen molar-refractivity contribution in [1.29, 1.82) is 0 Å². The maximum atomic E-state index is 6.27. The van der Waals surface area contributed by atoms with E-state index < -0.39 is 0 Å². The van der Waals surface area contributed by atoms with Gasteiger partial charge in [-0.2, -0.15) is 5.10 Å². The highest BCUT2D eigenvalue weighted by Crippen LogP contribution is 2.13. The monoisotopic (exact) mass is 272 g/mol. The van der Waals surface area contributed by atoms with Gasteiger partial charge in [-0.25, -0.2) is 9.67 Å². The summed E-state index contributed by atoms with van der Waals surface area (Å²) < 4.78 is 1.94. The molecule has 1 aromatic carbocycles. The fourth-order valence-electron chi connectivity index (χ4n) is 2.39. The lowest BCUT2D eigenvalue weighted by atomic mass is 9.99. The molecule has 0 fully saturated rings. The van der Waals surface area contributed by atoms with E-state index in [1.807, 2.05) is 4.68 Å². The summed E-state index contributed by atoms with van der Waals surface area (Å²) in [6.45, 7) is 8.48. The van der Waals surface area contributed by atoms with Crippen LogP contribution in [0.1, 0.15) is 42.4 Å². The molecule has 0 aliphatic rings. The first-order valence-electron chi connectivity index (χ1n) is 7.17. The number of benzene rings is 1. The van der Waals surface area contributed by atoms with E-state index in [1.165, 1.54) is 16.7 Å². The van der Waals surface area contributed by atoms with Crippen LogP contribution in [0.2, 0.25) is 0 Å². The number of nitrogens with two attached hydrogens (primary N) is 1. The highest BCUT2D eigenvalue weighted by molar-refractivity contribution is 5.30. The molecule has 1 atom stereocenters. The molecular formula is C16H24N4. The molecule has 2 rings (SSSR count). The highest BCUT2D eigenvalue weighted by Gasteiger charge is 2.12. The van der Waals surface area contributed by atoms with E-state index in [4.69, 9.17) is 5.73 Å². The average Bonchev–Trinajstić information content (AvgIpc) is 2.82. The van der Waals surface area contributed by atoms with Gasteiger partial charge in [0.05, 0.1) is 0 Å². The molecular weight excluding hydrogens is 248 g/mol. The molecule has 0 amide bonds. The van der Waals surface area contributed by atoms with Crippen molar-refractivity contribution in [3.63, 3.8) is 0 Å². The second-order valence-electron chi connectivity index (χ2n) is 5.80. The van der Waals surface area contributed by atoms with E-state index in [-0.39, 0.29) is 6.04 Å². The van der Waals surface area contributed by atoms with Gasteiger partial charge >= 0.3 is 0 Å². The first kappa shape index (κ1) is 14.7. The quantitative estimate of drug-likeness (QED) is 0.910. The lowest BCUT2D eigenvalue weighted by molar-refractivity contribution is 0.489. The molecule has 0 radical (unpaired) electrons. The summed E-state index contributed by atoms with van der Waals surface area (Å²) in [7, 11) is 0. The average molecular weight is 272 g/mol. The molecule has 0 saturated carbocycles. The first-order chi connectivity index (χ1) is 9.47. The van der Waals surface area contributed by atoms with Crippen molar-refractivity contribution < 1.29 is 0 Å². The summed E-state index contributed by atoms with van der Waals surface area (Å²) >= 11 is 0. The van der Waals surface area contributed by atoms with E-state index in [2.05, 4.69) is 56.0 Å². The van der Waals surface area contributed by atoms with Crippen LogP contribution in [0.4, 0.5) is 0 Å². The van der Waals surface area contributed by atoms with Crippen LogP contribution in [0.25, 0.3) is 0 Å². The zero-order valence-corrected chi connectivity index (χ0v) is 12.8. The second kappa shape index (κ2) is 6.18.